The number of thiazole rings is 1. The molecule has 7 heteroatoms. The Kier molecular flexibility index (Phi) is 6.32. The van der Waals surface area contributed by atoms with Crippen molar-refractivity contribution in [2.45, 2.75) is 38.5 Å². The van der Waals surface area contributed by atoms with Gasteiger partial charge in [-0.3, -0.25) is 4.79 Å². The minimum Gasteiger partial charge on any atom is -0.493 e. The van der Waals surface area contributed by atoms with E-state index in [1.165, 1.54) is 5.56 Å². The molecule has 4 rings (SSSR count). The first-order valence-electron chi connectivity index (χ1n) is 9.80. The van der Waals surface area contributed by atoms with Crippen molar-refractivity contribution in [3.05, 3.63) is 68.1 Å². The van der Waals surface area contributed by atoms with Gasteiger partial charge in [0.15, 0.2) is 0 Å². The van der Waals surface area contributed by atoms with Crippen LogP contribution in [0.1, 0.15) is 40.5 Å². The van der Waals surface area contributed by atoms with E-state index < -0.39 is 5.97 Å². The molecule has 0 amide bonds. The van der Waals surface area contributed by atoms with Crippen LogP contribution in [0.5, 0.6) is 5.75 Å². The van der Waals surface area contributed by atoms with Gasteiger partial charge >= 0.3 is 5.97 Å². The lowest BCUT2D eigenvalue weighted by Gasteiger charge is -2.10. The van der Waals surface area contributed by atoms with Gasteiger partial charge in [-0.25, -0.2) is 4.98 Å². The van der Waals surface area contributed by atoms with Crippen molar-refractivity contribution in [3.8, 4) is 16.3 Å². The number of rotatable bonds is 7. The molecule has 0 aliphatic heterocycles. The maximum atomic E-state index is 11.0. The normalized spacial score (nSPS) is 15.2. The van der Waals surface area contributed by atoms with E-state index in [-0.39, 0.29) is 12.3 Å². The molecule has 1 heterocycles. The highest BCUT2D eigenvalue weighted by Crippen LogP contribution is 2.37. The third-order valence-corrected chi connectivity index (χ3v) is 7.21. The number of benzene rings is 2. The molecule has 30 heavy (non-hydrogen) atoms. The molecular formula is C23H21Cl2NO3S. The summed E-state index contributed by atoms with van der Waals surface area (Å²) in [6.45, 7) is 2.59. The van der Waals surface area contributed by atoms with Gasteiger partial charge in [-0.05, 0) is 61.1 Å². The van der Waals surface area contributed by atoms with Crippen LogP contribution in [0.4, 0.5) is 0 Å². The topological polar surface area (TPSA) is 59.4 Å². The number of hydrogen-bond acceptors (Lipinski definition) is 4. The summed E-state index contributed by atoms with van der Waals surface area (Å²) >= 11 is 13.8. The molecular weight excluding hydrogens is 441 g/mol. The van der Waals surface area contributed by atoms with Gasteiger partial charge in [-0.1, -0.05) is 35.3 Å². The third kappa shape index (κ3) is 4.64. The largest absolute Gasteiger partial charge is 0.493 e. The van der Waals surface area contributed by atoms with Crippen molar-refractivity contribution in [1.29, 1.82) is 0 Å². The lowest BCUT2D eigenvalue weighted by molar-refractivity contribution is -0.137. The average molecular weight is 462 g/mol. The van der Waals surface area contributed by atoms with Crippen LogP contribution >= 0.6 is 34.5 Å². The van der Waals surface area contributed by atoms with Crippen molar-refractivity contribution >= 4 is 40.5 Å². The van der Waals surface area contributed by atoms with Crippen molar-refractivity contribution in [3.63, 3.8) is 0 Å². The Morgan fingerprint density at radius 1 is 1.23 bits per heavy atom. The molecule has 0 spiro atoms. The molecule has 1 unspecified atom stereocenters. The zero-order valence-electron chi connectivity index (χ0n) is 16.5. The third-order valence-electron chi connectivity index (χ3n) is 5.40. The van der Waals surface area contributed by atoms with Gasteiger partial charge in [0, 0.05) is 16.9 Å². The van der Waals surface area contributed by atoms with E-state index >= 15 is 0 Å². The molecule has 1 atom stereocenters. The number of carboxylic acid groups (broad SMARTS) is 1. The second kappa shape index (κ2) is 8.96. The van der Waals surface area contributed by atoms with Crippen molar-refractivity contribution < 1.29 is 14.6 Å². The number of fused-ring (bicyclic) bond motifs is 1. The summed E-state index contributed by atoms with van der Waals surface area (Å²) in [6.07, 6.45) is 2.70. The zero-order chi connectivity index (χ0) is 21.3. The van der Waals surface area contributed by atoms with Crippen molar-refractivity contribution in [1.82, 2.24) is 4.98 Å². The lowest BCUT2D eigenvalue weighted by Crippen LogP contribution is -2.04. The van der Waals surface area contributed by atoms with Gasteiger partial charge < -0.3 is 9.84 Å². The predicted molar refractivity (Wildman–Crippen MR) is 121 cm³/mol. The minimum absolute atomic E-state index is 0.115. The van der Waals surface area contributed by atoms with E-state index in [0.717, 1.165) is 45.3 Å². The van der Waals surface area contributed by atoms with Gasteiger partial charge in [0.1, 0.15) is 10.8 Å². The first kappa shape index (κ1) is 21.2. The molecule has 1 aromatic heterocycles. The van der Waals surface area contributed by atoms with E-state index in [1.54, 1.807) is 17.4 Å². The fourth-order valence-electron chi connectivity index (χ4n) is 3.87. The van der Waals surface area contributed by atoms with Crippen molar-refractivity contribution in [2.24, 2.45) is 0 Å². The van der Waals surface area contributed by atoms with Crippen LogP contribution in [-0.4, -0.2) is 22.7 Å². The average Bonchev–Trinajstić information content (AvgIpc) is 3.27. The number of aliphatic carboxylic acids is 1. The second-order valence-corrected chi connectivity index (χ2v) is 9.46. The summed E-state index contributed by atoms with van der Waals surface area (Å²) in [5, 5.41) is 11.0. The molecule has 156 valence electrons. The van der Waals surface area contributed by atoms with Crippen LogP contribution in [0.15, 0.2) is 36.4 Å². The number of ether oxygens (including phenoxy) is 1. The van der Waals surface area contributed by atoms with E-state index in [1.807, 2.05) is 30.3 Å². The number of halogens is 2. The number of carbonyl (C=O) groups is 1. The number of nitrogens with zero attached hydrogens (tertiary/aromatic N) is 1. The standard InChI is InChI=1S/C23H21Cl2NO3S/c1-13-21(26-23(30-13)16-4-7-19(24)20(25)11-16)8-9-29-17-5-6-18-14(10-17)2-3-15(18)12-22(27)28/h4-7,10-11,15H,2-3,8-9,12H2,1H3,(H,27,28). The van der Waals surface area contributed by atoms with Gasteiger partial charge in [0.2, 0.25) is 0 Å². The Bertz CT molecular complexity index is 1100. The molecule has 2 aromatic carbocycles. The van der Waals surface area contributed by atoms with E-state index in [2.05, 4.69) is 6.92 Å². The quantitative estimate of drug-likeness (QED) is 0.433. The lowest BCUT2D eigenvalue weighted by atomic mass is 9.98. The summed E-state index contributed by atoms with van der Waals surface area (Å²) in [6, 6.07) is 11.6. The Morgan fingerprint density at radius 3 is 2.83 bits per heavy atom. The molecule has 0 bridgehead atoms. The number of aryl methyl sites for hydroxylation is 2. The highest BCUT2D eigenvalue weighted by atomic mass is 35.5. The highest BCUT2D eigenvalue weighted by molar-refractivity contribution is 7.15. The summed E-state index contributed by atoms with van der Waals surface area (Å²) in [4.78, 5) is 16.9. The molecule has 0 radical (unpaired) electrons. The SMILES string of the molecule is Cc1sc(-c2ccc(Cl)c(Cl)c2)nc1CCOc1ccc2c(c1)CCC2CC(=O)O. The first-order chi connectivity index (χ1) is 14.4. The van der Waals surface area contributed by atoms with Crippen LogP contribution in [-0.2, 0) is 17.6 Å². The van der Waals surface area contributed by atoms with Gasteiger partial charge in [0.05, 0.1) is 28.8 Å². The van der Waals surface area contributed by atoms with Crippen LogP contribution in [0.3, 0.4) is 0 Å². The number of carboxylic acids is 1. The van der Waals surface area contributed by atoms with Crippen LogP contribution in [0.25, 0.3) is 10.6 Å². The fraction of sp³-hybridized carbons (Fsp3) is 0.304. The minimum atomic E-state index is -0.743. The second-order valence-electron chi connectivity index (χ2n) is 7.44. The molecule has 1 aliphatic rings. The van der Waals surface area contributed by atoms with Gasteiger partial charge in [-0.15, -0.1) is 11.3 Å². The Labute approximate surface area is 189 Å². The molecule has 4 nitrogen and oxygen atoms in total. The Hall–Kier alpha value is -2.08. The summed E-state index contributed by atoms with van der Waals surface area (Å²) < 4.78 is 5.97. The van der Waals surface area contributed by atoms with E-state index in [9.17, 15) is 4.79 Å². The van der Waals surface area contributed by atoms with E-state index in [0.29, 0.717) is 23.1 Å². The van der Waals surface area contributed by atoms with Crippen LogP contribution < -0.4 is 4.74 Å². The zero-order valence-corrected chi connectivity index (χ0v) is 18.8. The fourth-order valence-corrected chi connectivity index (χ4v) is 5.13. The highest BCUT2D eigenvalue weighted by Gasteiger charge is 2.24. The molecule has 0 saturated heterocycles. The van der Waals surface area contributed by atoms with E-state index in [4.69, 9.17) is 38.0 Å². The first-order valence-corrected chi connectivity index (χ1v) is 11.4. The summed E-state index contributed by atoms with van der Waals surface area (Å²) in [5.41, 5.74) is 4.32. The molecule has 1 aliphatic carbocycles. The maximum Gasteiger partial charge on any atom is 0.303 e. The van der Waals surface area contributed by atoms with Gasteiger partial charge in [-0.2, -0.15) is 0 Å². The predicted octanol–water partition coefficient (Wildman–Crippen LogP) is 6.55. The number of aromatic nitrogens is 1. The molecule has 1 N–H and O–H groups in total. The molecule has 3 aromatic rings. The summed E-state index contributed by atoms with van der Waals surface area (Å²) in [5.74, 6) is 0.193. The van der Waals surface area contributed by atoms with Crippen LogP contribution in [0.2, 0.25) is 10.0 Å². The maximum absolute atomic E-state index is 11.0. The van der Waals surface area contributed by atoms with Crippen molar-refractivity contribution in [2.75, 3.05) is 6.61 Å². The number of hydrogen-bond donors (Lipinski definition) is 1. The molecule has 0 fully saturated rings. The Morgan fingerprint density at radius 2 is 2.07 bits per heavy atom. The van der Waals surface area contributed by atoms with Crippen LogP contribution in [0, 0.1) is 6.92 Å². The summed E-state index contributed by atoms with van der Waals surface area (Å²) in [7, 11) is 0. The molecule has 0 saturated carbocycles. The monoisotopic (exact) mass is 461 g/mol. The Balaban J connectivity index is 1.39. The smallest absolute Gasteiger partial charge is 0.303 e. The van der Waals surface area contributed by atoms with Gasteiger partial charge in [0.25, 0.3) is 0 Å².